The highest BCUT2D eigenvalue weighted by Gasteiger charge is 2.42. The van der Waals surface area contributed by atoms with Gasteiger partial charge in [0.2, 0.25) is 11.8 Å². The Morgan fingerprint density at radius 3 is 2.96 bits per heavy atom. The van der Waals surface area contributed by atoms with Crippen LogP contribution in [0.5, 0.6) is 0 Å². The van der Waals surface area contributed by atoms with Crippen LogP contribution in [-0.2, 0) is 20.9 Å². The zero-order valence-corrected chi connectivity index (χ0v) is 17.1. The largest absolute Gasteiger partial charge is 0.383 e. The Balaban J connectivity index is 1.56. The van der Waals surface area contributed by atoms with Gasteiger partial charge in [0.15, 0.2) is 0 Å². The number of likely N-dealkylation sites (N-methyl/N-ethyl adjacent to an activating group) is 1. The molecule has 1 spiro atoms. The summed E-state index contributed by atoms with van der Waals surface area (Å²) in [5.41, 5.74) is 1.14. The number of piperidine rings is 2. The lowest BCUT2D eigenvalue weighted by molar-refractivity contribution is -0.144. The van der Waals surface area contributed by atoms with Crippen LogP contribution in [0.2, 0.25) is 0 Å². The normalized spacial score (nSPS) is 22.9. The molecule has 3 rings (SSSR count). The third kappa shape index (κ3) is 5.29. The number of rotatable bonds is 7. The van der Waals surface area contributed by atoms with E-state index in [4.69, 9.17) is 4.74 Å². The minimum Gasteiger partial charge on any atom is -0.383 e. The van der Waals surface area contributed by atoms with Gasteiger partial charge in [-0.3, -0.25) is 19.5 Å². The fourth-order valence-corrected chi connectivity index (χ4v) is 4.45. The number of aromatic nitrogens is 1. The third-order valence-corrected chi connectivity index (χ3v) is 5.91. The average molecular weight is 389 g/mol. The Morgan fingerprint density at radius 1 is 1.36 bits per heavy atom. The molecule has 154 valence electrons. The van der Waals surface area contributed by atoms with Gasteiger partial charge >= 0.3 is 0 Å². The van der Waals surface area contributed by atoms with Gasteiger partial charge in [-0.25, -0.2) is 0 Å². The van der Waals surface area contributed by atoms with Crippen molar-refractivity contribution in [2.24, 2.45) is 5.41 Å². The highest BCUT2D eigenvalue weighted by atomic mass is 16.5. The molecule has 2 saturated heterocycles. The van der Waals surface area contributed by atoms with E-state index in [1.807, 2.05) is 40.1 Å². The molecular formula is C21H32N4O3. The Labute approximate surface area is 167 Å². The van der Waals surface area contributed by atoms with Crippen molar-refractivity contribution >= 4 is 11.8 Å². The molecule has 1 aromatic rings. The number of carbonyl (C=O) groups excluding carboxylic acids is 2. The molecule has 2 fully saturated rings. The summed E-state index contributed by atoms with van der Waals surface area (Å²) in [6.45, 7) is 4.61. The molecule has 0 aromatic carbocycles. The molecule has 0 saturated carbocycles. The van der Waals surface area contributed by atoms with Gasteiger partial charge < -0.3 is 14.5 Å². The van der Waals surface area contributed by atoms with E-state index in [0.29, 0.717) is 32.7 Å². The number of ether oxygens (including phenoxy) is 1. The maximum atomic E-state index is 12.9. The summed E-state index contributed by atoms with van der Waals surface area (Å²) < 4.78 is 5.15. The molecule has 1 atom stereocenters. The number of nitrogens with zero attached hydrogens (tertiary/aromatic N) is 4. The number of methoxy groups -OCH3 is 1. The van der Waals surface area contributed by atoms with Crippen molar-refractivity contribution < 1.29 is 14.3 Å². The van der Waals surface area contributed by atoms with Crippen molar-refractivity contribution in [1.82, 2.24) is 19.7 Å². The Kier molecular flexibility index (Phi) is 7.02. The van der Waals surface area contributed by atoms with Gasteiger partial charge in [-0.15, -0.1) is 0 Å². The second-order valence-corrected chi connectivity index (χ2v) is 8.26. The third-order valence-electron chi connectivity index (χ3n) is 5.91. The number of hydrogen-bond acceptors (Lipinski definition) is 5. The molecule has 2 amide bonds. The number of hydrogen-bond donors (Lipinski definition) is 0. The summed E-state index contributed by atoms with van der Waals surface area (Å²) in [7, 11) is 3.63. The number of pyridine rings is 1. The van der Waals surface area contributed by atoms with Crippen molar-refractivity contribution in [2.75, 3.05) is 53.5 Å². The number of amides is 2. The molecule has 0 aliphatic carbocycles. The highest BCUT2D eigenvalue weighted by molar-refractivity contribution is 5.79. The van der Waals surface area contributed by atoms with Crippen molar-refractivity contribution in [3.8, 4) is 0 Å². The second kappa shape index (κ2) is 9.47. The summed E-state index contributed by atoms with van der Waals surface area (Å²) in [6, 6.07) is 3.94. The maximum absolute atomic E-state index is 12.9. The van der Waals surface area contributed by atoms with Crippen molar-refractivity contribution in [1.29, 1.82) is 0 Å². The Bertz CT molecular complexity index is 669. The van der Waals surface area contributed by atoms with E-state index in [0.717, 1.165) is 44.5 Å². The van der Waals surface area contributed by atoms with Crippen LogP contribution in [0, 0.1) is 5.41 Å². The topological polar surface area (TPSA) is 66.0 Å². The molecule has 1 aromatic heterocycles. The smallest absolute Gasteiger partial charge is 0.236 e. The van der Waals surface area contributed by atoms with Gasteiger partial charge in [0.25, 0.3) is 0 Å². The van der Waals surface area contributed by atoms with Gasteiger partial charge in [-0.05, 0) is 37.9 Å². The molecule has 7 nitrogen and oxygen atoms in total. The zero-order chi connectivity index (χ0) is 20.0. The lowest BCUT2D eigenvalue weighted by Crippen LogP contribution is -2.56. The van der Waals surface area contributed by atoms with Crippen LogP contribution >= 0.6 is 0 Å². The van der Waals surface area contributed by atoms with Crippen LogP contribution in [0.4, 0.5) is 0 Å². The van der Waals surface area contributed by atoms with E-state index in [2.05, 4.69) is 4.98 Å². The predicted octanol–water partition coefficient (Wildman–Crippen LogP) is 1.39. The van der Waals surface area contributed by atoms with Crippen LogP contribution in [0.15, 0.2) is 24.5 Å². The first-order valence-electron chi connectivity index (χ1n) is 10.1. The summed E-state index contributed by atoms with van der Waals surface area (Å²) in [4.78, 5) is 35.3. The molecule has 0 N–H and O–H groups in total. The average Bonchev–Trinajstić information content (AvgIpc) is 2.69. The molecule has 3 heterocycles. The number of carbonyl (C=O) groups is 2. The zero-order valence-electron chi connectivity index (χ0n) is 17.1. The summed E-state index contributed by atoms with van der Waals surface area (Å²) in [5.74, 6) is 0.383. The summed E-state index contributed by atoms with van der Waals surface area (Å²) in [6.07, 6.45) is 7.14. The van der Waals surface area contributed by atoms with E-state index in [1.165, 1.54) is 0 Å². The van der Waals surface area contributed by atoms with E-state index >= 15 is 0 Å². The minimum absolute atomic E-state index is 0.0392. The lowest BCUT2D eigenvalue weighted by Gasteiger charge is -2.48. The second-order valence-electron chi connectivity index (χ2n) is 8.26. The Morgan fingerprint density at radius 2 is 2.21 bits per heavy atom. The summed E-state index contributed by atoms with van der Waals surface area (Å²) >= 11 is 0. The van der Waals surface area contributed by atoms with Crippen LogP contribution in [0.25, 0.3) is 0 Å². The van der Waals surface area contributed by atoms with Gasteiger partial charge in [-0.2, -0.15) is 0 Å². The quantitative estimate of drug-likeness (QED) is 0.706. The van der Waals surface area contributed by atoms with Gasteiger partial charge in [0, 0.05) is 64.1 Å². The van der Waals surface area contributed by atoms with E-state index < -0.39 is 0 Å². The standard InChI is InChI=1S/C21H32N4O3/c1-23(14-18-5-3-9-22-13-18)15-20(27)24-10-4-7-21(16-24)8-6-19(26)25(17-21)11-12-28-2/h3,5,9,13H,4,6-8,10-12,14-17H2,1-2H3/t21-/m0/s1. The molecule has 28 heavy (non-hydrogen) atoms. The van der Waals surface area contributed by atoms with Crippen LogP contribution in [0.1, 0.15) is 31.2 Å². The van der Waals surface area contributed by atoms with E-state index in [-0.39, 0.29) is 17.2 Å². The van der Waals surface area contributed by atoms with E-state index in [9.17, 15) is 9.59 Å². The lowest BCUT2D eigenvalue weighted by atomic mass is 9.73. The van der Waals surface area contributed by atoms with Crippen molar-refractivity contribution in [2.45, 2.75) is 32.2 Å². The van der Waals surface area contributed by atoms with Gasteiger partial charge in [0.1, 0.15) is 0 Å². The molecule has 0 unspecified atom stereocenters. The molecule has 7 heteroatoms. The van der Waals surface area contributed by atoms with Crippen molar-refractivity contribution in [3.05, 3.63) is 30.1 Å². The van der Waals surface area contributed by atoms with Gasteiger partial charge in [0.05, 0.1) is 13.2 Å². The fourth-order valence-electron chi connectivity index (χ4n) is 4.45. The maximum Gasteiger partial charge on any atom is 0.236 e. The molecule has 2 aliphatic rings. The molecular weight excluding hydrogens is 356 g/mol. The first-order valence-corrected chi connectivity index (χ1v) is 10.1. The summed E-state index contributed by atoms with van der Waals surface area (Å²) in [5, 5.41) is 0. The van der Waals surface area contributed by atoms with Gasteiger partial charge in [-0.1, -0.05) is 6.07 Å². The van der Waals surface area contributed by atoms with Crippen LogP contribution in [0.3, 0.4) is 0 Å². The van der Waals surface area contributed by atoms with Crippen LogP contribution < -0.4 is 0 Å². The Hall–Kier alpha value is -1.99. The van der Waals surface area contributed by atoms with Crippen LogP contribution in [-0.4, -0.2) is 85.0 Å². The number of likely N-dealkylation sites (tertiary alicyclic amines) is 2. The molecule has 2 aliphatic heterocycles. The SMILES string of the molecule is COCCN1C[C@@]2(CCCN(C(=O)CN(C)Cc3cccnc3)C2)CCC1=O. The molecule has 0 bridgehead atoms. The highest BCUT2D eigenvalue weighted by Crippen LogP contribution is 2.38. The predicted molar refractivity (Wildman–Crippen MR) is 107 cm³/mol. The fraction of sp³-hybridized carbons (Fsp3) is 0.667. The van der Waals surface area contributed by atoms with E-state index in [1.54, 1.807) is 13.3 Å². The molecule has 0 radical (unpaired) electrons. The first-order chi connectivity index (χ1) is 13.5. The monoisotopic (exact) mass is 388 g/mol. The minimum atomic E-state index is 0.0392. The first kappa shape index (κ1) is 20.7. The van der Waals surface area contributed by atoms with Crippen molar-refractivity contribution in [3.63, 3.8) is 0 Å².